The normalized spacial score (nSPS) is 15.9. The second-order valence-electron chi connectivity index (χ2n) is 9.87. The maximum absolute atomic E-state index is 14.0. The molecule has 1 aliphatic heterocycles. The lowest BCUT2D eigenvalue weighted by molar-refractivity contribution is -0.140. The van der Waals surface area contributed by atoms with Crippen LogP contribution in [0.25, 0.3) is 0 Å². The molecule has 218 valence electrons. The average molecular weight is 613 g/mol. The van der Waals surface area contributed by atoms with Crippen LogP contribution in [-0.2, 0) is 26.2 Å². The van der Waals surface area contributed by atoms with Crippen LogP contribution in [0.5, 0.6) is 11.5 Å². The van der Waals surface area contributed by atoms with Crippen molar-refractivity contribution < 1.29 is 27.5 Å². The molecule has 1 aliphatic carbocycles. The Morgan fingerprint density at radius 2 is 1.68 bits per heavy atom. The zero-order chi connectivity index (χ0) is 28.9. The molecule has 40 heavy (non-hydrogen) atoms. The fourth-order valence-corrected chi connectivity index (χ4v) is 6.62. The highest BCUT2D eigenvalue weighted by molar-refractivity contribution is 7.92. The van der Waals surface area contributed by atoms with Crippen molar-refractivity contribution >= 4 is 50.7 Å². The van der Waals surface area contributed by atoms with Gasteiger partial charge in [-0.25, -0.2) is 8.42 Å². The zero-order valence-electron chi connectivity index (χ0n) is 22.7. The van der Waals surface area contributed by atoms with Gasteiger partial charge in [-0.05, 0) is 50.5 Å². The van der Waals surface area contributed by atoms with E-state index in [9.17, 15) is 18.0 Å². The molecule has 1 heterocycles. The van der Waals surface area contributed by atoms with Gasteiger partial charge >= 0.3 is 0 Å². The second-order valence-corrected chi connectivity index (χ2v) is 12.9. The molecular formula is C28H35Cl2N3O6S. The molecule has 9 nitrogen and oxygen atoms in total. The predicted molar refractivity (Wildman–Crippen MR) is 156 cm³/mol. The number of hydrogen-bond donors (Lipinski definition) is 1. The minimum Gasteiger partial charge on any atom is -0.486 e. The molecule has 2 aromatic carbocycles. The van der Waals surface area contributed by atoms with Crippen LogP contribution in [-0.4, -0.2) is 62.7 Å². The smallest absolute Gasteiger partial charge is 0.244 e. The molecule has 0 unspecified atom stereocenters. The third-order valence-corrected chi connectivity index (χ3v) is 9.72. The number of benzene rings is 2. The number of amides is 2. The highest BCUT2D eigenvalue weighted by Gasteiger charge is 2.34. The summed E-state index contributed by atoms with van der Waals surface area (Å²) in [6.07, 6.45) is 4.17. The Labute approximate surface area is 245 Å². The molecule has 0 spiro atoms. The molecule has 4 rings (SSSR count). The molecule has 1 fully saturated rings. The van der Waals surface area contributed by atoms with Crippen molar-refractivity contribution in [2.45, 2.75) is 64.6 Å². The van der Waals surface area contributed by atoms with Crippen LogP contribution in [0.4, 0.5) is 5.69 Å². The number of sulfonamides is 1. The maximum atomic E-state index is 14.0. The predicted octanol–water partition coefficient (Wildman–Crippen LogP) is 4.79. The number of hydrogen-bond acceptors (Lipinski definition) is 6. The van der Waals surface area contributed by atoms with Crippen LogP contribution < -0.4 is 19.1 Å². The Kier molecular flexibility index (Phi) is 10.1. The highest BCUT2D eigenvalue weighted by atomic mass is 35.5. The van der Waals surface area contributed by atoms with Crippen LogP contribution in [0.15, 0.2) is 36.4 Å². The summed E-state index contributed by atoms with van der Waals surface area (Å²) < 4.78 is 38.8. The molecule has 1 saturated carbocycles. The number of halogens is 2. The van der Waals surface area contributed by atoms with E-state index in [-0.39, 0.29) is 29.9 Å². The van der Waals surface area contributed by atoms with Gasteiger partial charge in [0.2, 0.25) is 21.8 Å². The first kappa shape index (κ1) is 30.3. The first-order chi connectivity index (χ1) is 19.1. The Morgan fingerprint density at radius 3 is 2.30 bits per heavy atom. The summed E-state index contributed by atoms with van der Waals surface area (Å²) in [4.78, 5) is 28.9. The van der Waals surface area contributed by atoms with E-state index in [4.69, 9.17) is 32.7 Å². The quantitative estimate of drug-likeness (QED) is 0.392. The van der Waals surface area contributed by atoms with Crippen LogP contribution >= 0.6 is 23.2 Å². The van der Waals surface area contributed by atoms with Crippen LogP contribution in [0.3, 0.4) is 0 Å². The summed E-state index contributed by atoms with van der Waals surface area (Å²) in [6.45, 7) is 3.46. The van der Waals surface area contributed by atoms with E-state index in [0.717, 1.165) is 30.0 Å². The van der Waals surface area contributed by atoms with E-state index in [2.05, 4.69) is 5.32 Å². The van der Waals surface area contributed by atoms with Crippen molar-refractivity contribution in [3.8, 4) is 11.5 Å². The molecule has 0 bridgehead atoms. The van der Waals surface area contributed by atoms with Gasteiger partial charge in [0.25, 0.3) is 0 Å². The van der Waals surface area contributed by atoms with Gasteiger partial charge in [0.05, 0.1) is 11.4 Å². The van der Waals surface area contributed by atoms with Gasteiger partial charge in [-0.15, -0.1) is 0 Å². The van der Waals surface area contributed by atoms with E-state index in [1.54, 1.807) is 36.4 Å². The molecule has 0 radical (unpaired) electrons. The number of ether oxygens (including phenoxy) is 2. The zero-order valence-corrected chi connectivity index (χ0v) is 25.0. The van der Waals surface area contributed by atoms with E-state index in [1.807, 2.05) is 6.92 Å². The number of fused-ring (bicyclic) bond motifs is 1. The molecule has 2 amide bonds. The molecule has 12 heteroatoms. The van der Waals surface area contributed by atoms with E-state index < -0.39 is 28.5 Å². The molecule has 1 atom stereocenters. The molecule has 0 saturated heterocycles. The van der Waals surface area contributed by atoms with Crippen LogP contribution in [0, 0.1) is 0 Å². The first-order valence-electron chi connectivity index (χ1n) is 13.6. The van der Waals surface area contributed by atoms with Crippen LogP contribution in [0.2, 0.25) is 10.0 Å². The van der Waals surface area contributed by atoms with Crippen molar-refractivity contribution in [2.24, 2.45) is 0 Å². The first-order valence-corrected chi connectivity index (χ1v) is 15.9. The number of carbonyl (C=O) groups excluding carboxylic acids is 2. The summed E-state index contributed by atoms with van der Waals surface area (Å²) in [5, 5.41) is 3.78. The van der Waals surface area contributed by atoms with Gasteiger partial charge in [0, 0.05) is 34.3 Å². The van der Waals surface area contributed by atoms with Gasteiger partial charge in [0.15, 0.2) is 11.5 Å². The molecule has 2 aliphatic rings. The summed E-state index contributed by atoms with van der Waals surface area (Å²) >= 11 is 12.9. The average Bonchev–Trinajstić information content (AvgIpc) is 3.45. The van der Waals surface area contributed by atoms with E-state index in [0.29, 0.717) is 46.7 Å². The largest absolute Gasteiger partial charge is 0.486 e. The molecule has 2 aromatic rings. The highest BCUT2D eigenvalue weighted by Crippen LogP contribution is 2.35. The van der Waals surface area contributed by atoms with Gasteiger partial charge in [-0.1, -0.05) is 49.0 Å². The Bertz CT molecular complexity index is 1310. The number of nitrogens with zero attached hydrogens (tertiary/aromatic N) is 2. The second kappa shape index (κ2) is 13.3. The van der Waals surface area contributed by atoms with Gasteiger partial charge < -0.3 is 19.7 Å². The van der Waals surface area contributed by atoms with Crippen molar-refractivity contribution in [2.75, 3.05) is 29.8 Å². The number of nitrogens with one attached hydrogen (secondary N) is 1. The lowest BCUT2D eigenvalue weighted by Gasteiger charge is -2.34. The molecular weight excluding hydrogens is 577 g/mol. The summed E-state index contributed by atoms with van der Waals surface area (Å²) in [5.41, 5.74) is 0.745. The fraction of sp³-hybridized carbons (Fsp3) is 0.500. The summed E-state index contributed by atoms with van der Waals surface area (Å²) in [6, 6.07) is 8.97. The minimum atomic E-state index is -3.89. The van der Waals surface area contributed by atoms with Gasteiger partial charge in [-0.3, -0.25) is 13.9 Å². The van der Waals surface area contributed by atoms with Crippen molar-refractivity contribution in [1.82, 2.24) is 10.2 Å². The van der Waals surface area contributed by atoms with Crippen molar-refractivity contribution in [3.05, 3.63) is 52.0 Å². The monoisotopic (exact) mass is 611 g/mol. The maximum Gasteiger partial charge on any atom is 0.244 e. The third-order valence-electron chi connectivity index (χ3n) is 7.27. The Hall–Kier alpha value is -2.69. The minimum absolute atomic E-state index is 0.0529. The number of carbonyl (C=O) groups is 2. The van der Waals surface area contributed by atoms with Crippen molar-refractivity contribution in [3.63, 3.8) is 0 Å². The summed E-state index contributed by atoms with van der Waals surface area (Å²) in [5.74, 6) is -0.175. The van der Waals surface area contributed by atoms with Gasteiger partial charge in [0.1, 0.15) is 25.8 Å². The Morgan fingerprint density at radius 1 is 1.02 bits per heavy atom. The van der Waals surface area contributed by atoms with E-state index in [1.165, 1.54) is 11.8 Å². The number of rotatable bonds is 11. The van der Waals surface area contributed by atoms with Crippen molar-refractivity contribution in [1.29, 1.82) is 0 Å². The lowest BCUT2D eigenvalue weighted by atomic mass is 10.1. The Balaban J connectivity index is 1.69. The lowest BCUT2D eigenvalue weighted by Crippen LogP contribution is -2.53. The standard InChI is InChI=1S/C28H35Cl2N3O6S/c1-3-24(28(35)31-19-8-5-6-9-19)32(17-21-22(29)10-7-11-23(21)30)27(34)18-33(40(36,37)4-2)20-12-13-25-26(16-20)39-15-14-38-25/h7,10-13,16,19,24H,3-6,8-9,14-15,17-18H2,1-2H3,(H,31,35)/t24-/m1/s1. The molecule has 0 aromatic heterocycles. The topological polar surface area (TPSA) is 105 Å². The summed E-state index contributed by atoms with van der Waals surface area (Å²) in [7, 11) is -3.89. The van der Waals surface area contributed by atoms with E-state index >= 15 is 0 Å². The fourth-order valence-electron chi connectivity index (χ4n) is 5.05. The SMILES string of the molecule is CC[C@H](C(=O)NC1CCCC1)N(Cc1c(Cl)cccc1Cl)C(=O)CN(c1ccc2c(c1)OCCO2)S(=O)(=O)CC. The van der Waals surface area contributed by atoms with Gasteiger partial charge in [-0.2, -0.15) is 0 Å². The van der Waals surface area contributed by atoms with Crippen LogP contribution in [0.1, 0.15) is 51.5 Å². The third kappa shape index (κ3) is 6.95. The molecule has 1 N–H and O–H groups in total. The number of anilines is 1.